The number of carbonyl (C=O) groups is 2. The molecule has 1 N–H and O–H groups in total. The number of carbonyl (C=O) groups excluding carboxylic acids is 2. The van der Waals surface area contributed by atoms with Gasteiger partial charge in [0.25, 0.3) is 10.0 Å². The summed E-state index contributed by atoms with van der Waals surface area (Å²) in [4.78, 5) is 28.5. The Morgan fingerprint density at radius 3 is 2.05 bits per heavy atom. The van der Waals surface area contributed by atoms with Crippen LogP contribution in [0.5, 0.6) is 11.5 Å². The zero-order chi connectivity index (χ0) is 29.3. The Labute approximate surface area is 236 Å². The summed E-state index contributed by atoms with van der Waals surface area (Å²) < 4.78 is 39.5. The molecule has 0 spiro atoms. The first kappa shape index (κ1) is 30.5. The van der Waals surface area contributed by atoms with Crippen LogP contribution in [0.2, 0.25) is 0 Å². The Hall–Kier alpha value is -4.05. The minimum absolute atomic E-state index is 0.0229. The maximum Gasteiger partial charge on any atom is 0.264 e. The number of anilines is 1. The van der Waals surface area contributed by atoms with Crippen LogP contribution in [0.25, 0.3) is 0 Å². The van der Waals surface area contributed by atoms with Gasteiger partial charge in [-0.15, -0.1) is 0 Å². The van der Waals surface area contributed by atoms with Crippen LogP contribution in [0.15, 0.2) is 83.8 Å². The van der Waals surface area contributed by atoms with Gasteiger partial charge in [0, 0.05) is 18.7 Å². The van der Waals surface area contributed by atoms with Gasteiger partial charge in [0.2, 0.25) is 11.8 Å². The number of nitrogens with one attached hydrogen (secondary N) is 1. The second kappa shape index (κ2) is 13.8. The van der Waals surface area contributed by atoms with Crippen LogP contribution in [0.3, 0.4) is 0 Å². The second-order valence-electron chi connectivity index (χ2n) is 9.37. The van der Waals surface area contributed by atoms with Crippen LogP contribution in [0, 0.1) is 0 Å². The Morgan fingerprint density at radius 2 is 1.48 bits per heavy atom. The molecule has 2 amide bonds. The molecule has 0 saturated carbocycles. The fourth-order valence-electron chi connectivity index (χ4n) is 4.06. The summed E-state index contributed by atoms with van der Waals surface area (Å²) in [7, 11) is -1.25. The average Bonchev–Trinajstić information content (AvgIpc) is 2.98. The molecule has 0 bridgehead atoms. The van der Waals surface area contributed by atoms with Crippen molar-refractivity contribution in [2.75, 3.05) is 25.1 Å². The summed E-state index contributed by atoms with van der Waals surface area (Å²) in [5.41, 5.74) is 1.02. The lowest BCUT2D eigenvalue weighted by Crippen LogP contribution is -2.52. The van der Waals surface area contributed by atoms with E-state index in [0.29, 0.717) is 11.5 Å². The lowest BCUT2D eigenvalue weighted by Gasteiger charge is -2.32. The van der Waals surface area contributed by atoms with Gasteiger partial charge in [-0.3, -0.25) is 13.9 Å². The van der Waals surface area contributed by atoms with E-state index >= 15 is 0 Å². The second-order valence-corrected chi connectivity index (χ2v) is 11.2. The zero-order valence-corrected chi connectivity index (χ0v) is 24.4. The number of methoxy groups -OCH3 is 2. The molecule has 0 unspecified atom stereocenters. The predicted molar refractivity (Wildman–Crippen MR) is 155 cm³/mol. The van der Waals surface area contributed by atoms with Crippen LogP contribution < -0.4 is 19.1 Å². The Balaban J connectivity index is 2.06. The third kappa shape index (κ3) is 7.32. The molecule has 0 fully saturated rings. The summed E-state index contributed by atoms with van der Waals surface area (Å²) in [6, 6.07) is 20.8. The summed E-state index contributed by atoms with van der Waals surface area (Å²) in [5, 5.41) is 2.92. The SMILES string of the molecule is CC[C@H](C)NC(=O)[C@H](C)N(Cc1ccccc1)C(=O)CN(c1ccc(OC)c(OC)c1)S(=O)(=O)c1ccccc1. The normalized spacial score (nSPS) is 12.6. The fraction of sp³-hybridized carbons (Fsp3) is 0.333. The minimum atomic E-state index is -4.18. The lowest BCUT2D eigenvalue weighted by atomic mass is 10.1. The highest BCUT2D eigenvalue weighted by atomic mass is 32.2. The Morgan fingerprint density at radius 1 is 0.875 bits per heavy atom. The summed E-state index contributed by atoms with van der Waals surface area (Å²) in [6.45, 7) is 5.07. The van der Waals surface area contributed by atoms with Gasteiger partial charge in [0.15, 0.2) is 11.5 Å². The molecule has 0 heterocycles. The zero-order valence-electron chi connectivity index (χ0n) is 23.5. The van der Waals surface area contributed by atoms with Gasteiger partial charge in [-0.25, -0.2) is 8.42 Å². The van der Waals surface area contributed by atoms with Crippen molar-refractivity contribution >= 4 is 27.5 Å². The van der Waals surface area contributed by atoms with Crippen molar-refractivity contribution < 1.29 is 27.5 Å². The van der Waals surface area contributed by atoms with E-state index in [4.69, 9.17) is 9.47 Å². The number of rotatable bonds is 13. The van der Waals surface area contributed by atoms with Gasteiger partial charge in [0.1, 0.15) is 12.6 Å². The number of hydrogen-bond donors (Lipinski definition) is 1. The Kier molecular flexibility index (Phi) is 10.6. The van der Waals surface area contributed by atoms with Crippen LogP contribution in [0.1, 0.15) is 32.8 Å². The number of ether oxygens (including phenoxy) is 2. The van der Waals surface area contributed by atoms with Crippen molar-refractivity contribution in [3.8, 4) is 11.5 Å². The van der Waals surface area contributed by atoms with Gasteiger partial charge in [-0.2, -0.15) is 0 Å². The standard InChI is InChI=1S/C30H37N3O6S/c1-6-22(2)31-30(35)23(3)32(20-24-13-9-7-10-14-24)29(34)21-33(40(36,37)26-15-11-8-12-16-26)25-17-18-27(38-4)28(19-25)39-5/h7-19,22-23H,6,20-21H2,1-5H3,(H,31,35)/t22-,23-/m0/s1. The van der Waals surface area contributed by atoms with E-state index < -0.39 is 28.5 Å². The van der Waals surface area contributed by atoms with Crippen molar-refractivity contribution in [3.63, 3.8) is 0 Å². The molecule has 3 rings (SSSR count). The first-order valence-electron chi connectivity index (χ1n) is 13.1. The molecular formula is C30H37N3O6S. The summed E-state index contributed by atoms with van der Waals surface area (Å²) in [5.74, 6) is -0.133. The molecule has 214 valence electrons. The van der Waals surface area contributed by atoms with Crippen LogP contribution in [-0.2, 0) is 26.2 Å². The van der Waals surface area contributed by atoms with E-state index in [1.54, 1.807) is 37.3 Å². The molecule has 0 aliphatic carbocycles. The van der Waals surface area contributed by atoms with E-state index in [9.17, 15) is 18.0 Å². The minimum Gasteiger partial charge on any atom is -0.493 e. The molecule has 10 heteroatoms. The molecule has 9 nitrogen and oxygen atoms in total. The molecule has 3 aromatic rings. The van der Waals surface area contributed by atoms with E-state index in [0.717, 1.165) is 16.3 Å². The smallest absolute Gasteiger partial charge is 0.264 e. The lowest BCUT2D eigenvalue weighted by molar-refractivity contribution is -0.139. The van der Waals surface area contributed by atoms with Gasteiger partial charge >= 0.3 is 0 Å². The van der Waals surface area contributed by atoms with Crippen molar-refractivity contribution in [3.05, 3.63) is 84.4 Å². The topological polar surface area (TPSA) is 105 Å². The monoisotopic (exact) mass is 567 g/mol. The van der Waals surface area contributed by atoms with Crippen LogP contribution in [-0.4, -0.2) is 58.0 Å². The molecule has 0 aromatic heterocycles. The fourth-order valence-corrected chi connectivity index (χ4v) is 5.48. The highest BCUT2D eigenvalue weighted by molar-refractivity contribution is 7.92. The van der Waals surface area contributed by atoms with Gasteiger partial charge in [-0.05, 0) is 50.1 Å². The highest BCUT2D eigenvalue weighted by Crippen LogP contribution is 2.34. The predicted octanol–water partition coefficient (Wildman–Crippen LogP) is 4.23. The summed E-state index contributed by atoms with van der Waals surface area (Å²) >= 11 is 0. The summed E-state index contributed by atoms with van der Waals surface area (Å²) in [6.07, 6.45) is 0.730. The van der Waals surface area contributed by atoms with Crippen molar-refractivity contribution in [2.45, 2.75) is 50.7 Å². The van der Waals surface area contributed by atoms with E-state index in [2.05, 4.69) is 5.32 Å². The highest BCUT2D eigenvalue weighted by Gasteiger charge is 2.33. The largest absolute Gasteiger partial charge is 0.493 e. The van der Waals surface area contributed by atoms with Crippen LogP contribution >= 0.6 is 0 Å². The van der Waals surface area contributed by atoms with Gasteiger partial charge in [-0.1, -0.05) is 55.5 Å². The molecular weight excluding hydrogens is 530 g/mol. The molecule has 0 aliphatic heterocycles. The Bertz CT molecular complexity index is 1380. The average molecular weight is 568 g/mol. The van der Waals surface area contributed by atoms with Gasteiger partial charge in [0.05, 0.1) is 24.8 Å². The molecule has 3 aromatic carbocycles. The number of amides is 2. The third-order valence-corrected chi connectivity index (χ3v) is 8.42. The molecule has 0 radical (unpaired) electrons. The third-order valence-electron chi connectivity index (χ3n) is 6.63. The van der Waals surface area contributed by atoms with Crippen molar-refractivity contribution in [1.29, 1.82) is 0 Å². The number of sulfonamides is 1. The first-order chi connectivity index (χ1) is 19.1. The van der Waals surface area contributed by atoms with Crippen molar-refractivity contribution in [1.82, 2.24) is 10.2 Å². The molecule has 0 aliphatic rings. The number of hydrogen-bond acceptors (Lipinski definition) is 6. The maximum atomic E-state index is 14.0. The number of benzene rings is 3. The van der Waals surface area contributed by atoms with E-state index in [-0.39, 0.29) is 29.1 Å². The quantitative estimate of drug-likeness (QED) is 0.332. The van der Waals surface area contributed by atoms with Gasteiger partial charge < -0.3 is 19.7 Å². The first-order valence-corrected chi connectivity index (χ1v) is 14.5. The molecule has 2 atom stereocenters. The van der Waals surface area contributed by atoms with Crippen LogP contribution in [0.4, 0.5) is 5.69 Å². The maximum absolute atomic E-state index is 14.0. The number of nitrogens with zero attached hydrogens (tertiary/aromatic N) is 2. The molecule has 40 heavy (non-hydrogen) atoms. The van der Waals surface area contributed by atoms with Crippen molar-refractivity contribution in [2.24, 2.45) is 0 Å². The molecule has 0 saturated heterocycles. The van der Waals surface area contributed by atoms with E-state index in [1.165, 1.54) is 37.3 Å². The van der Waals surface area contributed by atoms with E-state index in [1.807, 2.05) is 44.2 Å².